The van der Waals surface area contributed by atoms with Crippen molar-refractivity contribution in [2.45, 2.75) is 11.8 Å². The molecule has 3 aliphatic carbocycles. The van der Waals surface area contributed by atoms with Gasteiger partial charge in [0, 0.05) is 11.8 Å². The van der Waals surface area contributed by atoms with Crippen LogP contribution in [0, 0.1) is 11.8 Å². The fourth-order valence-electron chi connectivity index (χ4n) is 6.11. The van der Waals surface area contributed by atoms with Gasteiger partial charge in [0.15, 0.2) is 11.5 Å². The Morgan fingerprint density at radius 1 is 0.743 bits per heavy atom. The number of nitrogens with zero attached hydrogens (tertiary/aromatic N) is 3. The summed E-state index contributed by atoms with van der Waals surface area (Å²) in [5.74, 6) is -3.63. The van der Waals surface area contributed by atoms with Crippen molar-refractivity contribution < 1.29 is 14.4 Å². The predicted molar refractivity (Wildman–Crippen MR) is 127 cm³/mol. The summed E-state index contributed by atoms with van der Waals surface area (Å²) < 4.78 is 0. The number of carbonyl (C=O) groups excluding carboxylic acids is 3. The van der Waals surface area contributed by atoms with Crippen molar-refractivity contribution >= 4 is 34.6 Å². The van der Waals surface area contributed by atoms with Crippen molar-refractivity contribution in [3.63, 3.8) is 0 Å². The lowest BCUT2D eigenvalue weighted by Crippen LogP contribution is -2.65. The average Bonchev–Trinajstić information content (AvgIpc) is 2.89. The number of nitrogens with two attached hydrogens (primary N) is 1. The van der Waals surface area contributed by atoms with E-state index in [4.69, 9.17) is 5.73 Å². The number of fused-ring (bicyclic) bond motifs is 1. The summed E-state index contributed by atoms with van der Waals surface area (Å²) in [7, 11) is 0. The molecule has 1 aromatic heterocycles. The molecule has 1 saturated heterocycles. The second-order valence-electron chi connectivity index (χ2n) is 9.17. The fraction of sp³-hybridized carbons (Fsp3) is 0.148. The van der Waals surface area contributed by atoms with Gasteiger partial charge in [-0.1, -0.05) is 60.7 Å². The molecule has 4 aliphatic rings. The number of para-hydroxylation sites is 2. The molecule has 1 fully saturated rings. The number of carbonyl (C=O) groups is 3. The standard InChI is InChI=1S/C27H19N5O3/c28-24-23(29-17-11-5-6-12-18(17)30-24)27(35)32-26(34)22-20-15-9-3-1-7-13(15)19(21(22)25(33)31-32)14-8-2-4-10-16(14)20/h1-12,19-22H,(H2,28,30)(H,31,33). The zero-order valence-corrected chi connectivity index (χ0v) is 18.4. The van der Waals surface area contributed by atoms with Crippen LogP contribution in [0.3, 0.4) is 0 Å². The van der Waals surface area contributed by atoms with Crippen LogP contribution in [0.2, 0.25) is 0 Å². The molecule has 0 saturated carbocycles. The lowest BCUT2D eigenvalue weighted by atomic mass is 9.53. The highest BCUT2D eigenvalue weighted by molar-refractivity contribution is 6.11. The van der Waals surface area contributed by atoms with E-state index in [9.17, 15) is 14.4 Å². The number of rotatable bonds is 1. The summed E-state index contributed by atoms with van der Waals surface area (Å²) in [5.41, 5.74) is 13.6. The minimum atomic E-state index is -0.791. The van der Waals surface area contributed by atoms with Crippen LogP contribution in [-0.2, 0) is 9.59 Å². The molecule has 3 amide bonds. The zero-order valence-electron chi connectivity index (χ0n) is 18.4. The van der Waals surface area contributed by atoms with Crippen molar-refractivity contribution in [2.24, 2.45) is 11.8 Å². The van der Waals surface area contributed by atoms with Gasteiger partial charge in [-0.05, 0) is 34.4 Å². The molecule has 1 aliphatic heterocycles. The van der Waals surface area contributed by atoms with E-state index in [1.54, 1.807) is 24.3 Å². The minimum absolute atomic E-state index is 0.0984. The Hall–Kier alpha value is -4.59. The summed E-state index contributed by atoms with van der Waals surface area (Å²) in [6, 6.07) is 22.9. The SMILES string of the molecule is Nc1nc2ccccc2nc1C(=O)N1NC(=O)C2C3c4ccccc4C(c4ccccc43)C2C1=O. The number of hydrazine groups is 1. The molecule has 4 aromatic rings. The first-order valence-corrected chi connectivity index (χ1v) is 11.4. The first kappa shape index (κ1) is 19.8. The van der Waals surface area contributed by atoms with Crippen LogP contribution in [0.1, 0.15) is 44.6 Å². The maximum Gasteiger partial charge on any atom is 0.301 e. The van der Waals surface area contributed by atoms with Crippen molar-refractivity contribution in [1.29, 1.82) is 0 Å². The Labute approximate surface area is 199 Å². The monoisotopic (exact) mass is 461 g/mol. The smallest absolute Gasteiger partial charge is 0.301 e. The number of benzene rings is 3. The number of hydrogen-bond donors (Lipinski definition) is 2. The van der Waals surface area contributed by atoms with Gasteiger partial charge in [-0.2, -0.15) is 5.01 Å². The highest BCUT2D eigenvalue weighted by atomic mass is 16.2. The highest BCUT2D eigenvalue weighted by Gasteiger charge is 2.59. The predicted octanol–water partition coefficient (Wildman–Crippen LogP) is 2.75. The van der Waals surface area contributed by atoms with Gasteiger partial charge < -0.3 is 5.73 Å². The summed E-state index contributed by atoms with van der Waals surface area (Å²) in [5, 5.41) is 0.782. The molecule has 0 spiro atoms. The van der Waals surface area contributed by atoms with E-state index in [0.29, 0.717) is 11.0 Å². The van der Waals surface area contributed by atoms with E-state index in [1.165, 1.54) is 0 Å². The van der Waals surface area contributed by atoms with Gasteiger partial charge in [-0.15, -0.1) is 0 Å². The first-order chi connectivity index (χ1) is 17.0. The van der Waals surface area contributed by atoms with Crippen molar-refractivity contribution in [2.75, 3.05) is 5.73 Å². The summed E-state index contributed by atoms with van der Waals surface area (Å²) in [6.07, 6.45) is 0. The number of hydrogen-bond acceptors (Lipinski definition) is 6. The molecule has 35 heavy (non-hydrogen) atoms. The van der Waals surface area contributed by atoms with Crippen LogP contribution in [0.25, 0.3) is 11.0 Å². The molecule has 3 aromatic carbocycles. The molecule has 8 heteroatoms. The van der Waals surface area contributed by atoms with Crippen molar-refractivity contribution in [3.05, 3.63) is 101 Å². The normalized spacial score (nSPS) is 23.9. The third-order valence-corrected chi connectivity index (χ3v) is 7.47. The molecule has 2 atom stereocenters. The summed E-state index contributed by atoms with van der Waals surface area (Å²) in [6.45, 7) is 0. The second kappa shape index (κ2) is 6.96. The molecule has 3 N–H and O–H groups in total. The largest absolute Gasteiger partial charge is 0.382 e. The van der Waals surface area contributed by atoms with Crippen LogP contribution < -0.4 is 11.2 Å². The van der Waals surface area contributed by atoms with Gasteiger partial charge in [0.05, 0.1) is 22.9 Å². The van der Waals surface area contributed by atoms with E-state index in [2.05, 4.69) is 15.4 Å². The van der Waals surface area contributed by atoms with Crippen LogP contribution >= 0.6 is 0 Å². The lowest BCUT2D eigenvalue weighted by Gasteiger charge is -2.52. The Morgan fingerprint density at radius 3 is 1.80 bits per heavy atom. The Morgan fingerprint density at radius 2 is 1.23 bits per heavy atom. The van der Waals surface area contributed by atoms with Gasteiger partial charge in [0.25, 0.3) is 5.91 Å². The molecule has 2 heterocycles. The van der Waals surface area contributed by atoms with Gasteiger partial charge in [0.2, 0.25) is 5.91 Å². The van der Waals surface area contributed by atoms with E-state index in [0.717, 1.165) is 27.3 Å². The maximum absolute atomic E-state index is 13.9. The number of amides is 3. The van der Waals surface area contributed by atoms with E-state index in [1.807, 2.05) is 48.5 Å². The van der Waals surface area contributed by atoms with Crippen LogP contribution in [0.4, 0.5) is 5.82 Å². The molecular weight excluding hydrogens is 442 g/mol. The first-order valence-electron chi connectivity index (χ1n) is 11.4. The maximum atomic E-state index is 13.9. The third kappa shape index (κ3) is 2.59. The van der Waals surface area contributed by atoms with Crippen LogP contribution in [-0.4, -0.2) is 32.7 Å². The van der Waals surface area contributed by atoms with Gasteiger partial charge in [-0.25, -0.2) is 9.97 Å². The average molecular weight is 461 g/mol. The van der Waals surface area contributed by atoms with Crippen LogP contribution in [0.15, 0.2) is 72.8 Å². The minimum Gasteiger partial charge on any atom is -0.382 e. The highest BCUT2D eigenvalue weighted by Crippen LogP contribution is 2.59. The summed E-state index contributed by atoms with van der Waals surface area (Å²) >= 11 is 0. The number of nitrogens with one attached hydrogen (secondary N) is 1. The number of imide groups is 1. The molecule has 2 bridgehead atoms. The molecule has 0 radical (unpaired) electrons. The van der Waals surface area contributed by atoms with Crippen LogP contribution in [0.5, 0.6) is 0 Å². The number of aromatic nitrogens is 2. The van der Waals surface area contributed by atoms with Gasteiger partial charge in [-0.3, -0.25) is 19.8 Å². The van der Waals surface area contributed by atoms with E-state index < -0.39 is 23.7 Å². The third-order valence-electron chi connectivity index (χ3n) is 7.47. The second-order valence-corrected chi connectivity index (χ2v) is 9.17. The summed E-state index contributed by atoms with van der Waals surface area (Å²) in [4.78, 5) is 49.5. The topological polar surface area (TPSA) is 118 Å². The molecular formula is C27H19N5O3. The quantitative estimate of drug-likeness (QED) is 0.421. The molecule has 8 nitrogen and oxygen atoms in total. The van der Waals surface area contributed by atoms with Crippen molar-refractivity contribution in [3.8, 4) is 0 Å². The van der Waals surface area contributed by atoms with Crippen molar-refractivity contribution in [1.82, 2.24) is 20.4 Å². The van der Waals surface area contributed by atoms with E-state index >= 15 is 0 Å². The number of anilines is 1. The van der Waals surface area contributed by atoms with Gasteiger partial charge >= 0.3 is 5.91 Å². The zero-order chi connectivity index (χ0) is 23.8. The lowest BCUT2D eigenvalue weighted by molar-refractivity contribution is -0.156. The molecule has 2 unspecified atom stereocenters. The van der Waals surface area contributed by atoms with E-state index in [-0.39, 0.29) is 29.3 Å². The molecule has 8 rings (SSSR count). The Balaban J connectivity index is 1.35. The number of nitrogen functional groups attached to an aromatic ring is 1. The Bertz CT molecular complexity index is 1550. The Kier molecular flexibility index (Phi) is 3.94. The van der Waals surface area contributed by atoms with Gasteiger partial charge in [0.1, 0.15) is 0 Å². The molecule has 170 valence electrons. The fourth-order valence-corrected chi connectivity index (χ4v) is 6.11.